The second kappa shape index (κ2) is 6.87. The van der Waals surface area contributed by atoms with Crippen molar-refractivity contribution in [1.82, 2.24) is 9.78 Å². The maximum absolute atomic E-state index is 12.2. The van der Waals surface area contributed by atoms with Crippen LogP contribution in [0.1, 0.15) is 15.9 Å². The largest absolute Gasteiger partial charge is 0.289 e. The van der Waals surface area contributed by atoms with Crippen LogP contribution >= 0.6 is 0 Å². The summed E-state index contributed by atoms with van der Waals surface area (Å²) in [6.45, 7) is 0. The van der Waals surface area contributed by atoms with Crippen LogP contribution in [-0.4, -0.2) is 15.6 Å². The molecule has 0 saturated heterocycles. The molecule has 24 heavy (non-hydrogen) atoms. The molecular weight excluding hydrogens is 300 g/mol. The van der Waals surface area contributed by atoms with Gasteiger partial charge in [0.05, 0.1) is 5.69 Å². The molecule has 0 aliphatic heterocycles. The molecular formula is C20H16N2O2. The van der Waals surface area contributed by atoms with E-state index in [0.29, 0.717) is 16.8 Å². The lowest BCUT2D eigenvalue weighted by molar-refractivity contribution is 0.104. The number of nitrogens with zero attached hydrogens (tertiary/aromatic N) is 2. The number of carbonyl (C=O) groups is 1. The predicted molar refractivity (Wildman–Crippen MR) is 94.7 cm³/mol. The first-order chi connectivity index (χ1) is 11.6. The summed E-state index contributed by atoms with van der Waals surface area (Å²) in [5.41, 5.74) is 2.55. The average Bonchev–Trinajstić information content (AvgIpc) is 2.63. The van der Waals surface area contributed by atoms with Crippen molar-refractivity contribution in [2.75, 3.05) is 0 Å². The van der Waals surface area contributed by atoms with Crippen LogP contribution in [0.4, 0.5) is 0 Å². The Morgan fingerprint density at radius 2 is 1.62 bits per heavy atom. The molecule has 3 aromatic rings. The summed E-state index contributed by atoms with van der Waals surface area (Å²) in [5.74, 6) is -0.115. The lowest BCUT2D eigenvalue weighted by Crippen LogP contribution is -2.19. The molecule has 4 nitrogen and oxygen atoms in total. The van der Waals surface area contributed by atoms with Gasteiger partial charge in [-0.25, -0.2) is 4.68 Å². The van der Waals surface area contributed by atoms with Crippen molar-refractivity contribution in [2.24, 2.45) is 7.05 Å². The molecule has 0 unspecified atom stereocenters. The number of carbonyl (C=O) groups excluding carboxylic acids is 1. The van der Waals surface area contributed by atoms with E-state index in [1.54, 1.807) is 25.3 Å². The summed E-state index contributed by atoms with van der Waals surface area (Å²) in [7, 11) is 1.61. The normalized spacial score (nSPS) is 10.9. The van der Waals surface area contributed by atoms with Crippen molar-refractivity contribution in [3.05, 3.63) is 94.3 Å². The predicted octanol–water partition coefficient (Wildman–Crippen LogP) is 3.34. The Morgan fingerprint density at radius 1 is 1.00 bits per heavy atom. The van der Waals surface area contributed by atoms with Gasteiger partial charge in [0, 0.05) is 29.8 Å². The molecule has 0 N–H and O–H groups in total. The van der Waals surface area contributed by atoms with E-state index >= 15 is 0 Å². The van der Waals surface area contributed by atoms with Gasteiger partial charge in [0.15, 0.2) is 5.78 Å². The first kappa shape index (κ1) is 15.6. The SMILES string of the molecule is Cn1nc(-c2ccccc2)c(/C=C/C(=O)c2ccccc2)cc1=O. The van der Waals surface area contributed by atoms with E-state index in [0.717, 1.165) is 5.56 Å². The molecule has 1 heterocycles. The van der Waals surface area contributed by atoms with Crippen LogP contribution in [0.2, 0.25) is 0 Å². The highest BCUT2D eigenvalue weighted by Crippen LogP contribution is 2.20. The molecule has 0 radical (unpaired) electrons. The van der Waals surface area contributed by atoms with Gasteiger partial charge in [-0.3, -0.25) is 9.59 Å². The molecule has 0 amide bonds. The highest BCUT2D eigenvalue weighted by Gasteiger charge is 2.08. The van der Waals surface area contributed by atoms with Crippen molar-refractivity contribution in [3.8, 4) is 11.3 Å². The molecule has 1 aromatic heterocycles. The van der Waals surface area contributed by atoms with Gasteiger partial charge in [-0.15, -0.1) is 0 Å². The lowest BCUT2D eigenvalue weighted by atomic mass is 10.0. The van der Waals surface area contributed by atoms with Crippen LogP contribution in [-0.2, 0) is 7.05 Å². The van der Waals surface area contributed by atoms with E-state index in [-0.39, 0.29) is 11.3 Å². The molecule has 0 atom stereocenters. The van der Waals surface area contributed by atoms with Crippen LogP contribution in [0.3, 0.4) is 0 Å². The third-order valence-corrected chi connectivity index (χ3v) is 3.64. The summed E-state index contributed by atoms with van der Waals surface area (Å²) in [5, 5.41) is 4.34. The molecule has 0 aliphatic carbocycles. The smallest absolute Gasteiger partial charge is 0.267 e. The standard InChI is InChI=1S/C20H16N2O2/c1-22-19(24)14-17(20(21-22)16-10-6-3-7-11-16)12-13-18(23)15-8-4-2-5-9-15/h2-14H,1H3/b13-12+. The monoisotopic (exact) mass is 316 g/mol. The van der Waals surface area contributed by atoms with Crippen LogP contribution in [0, 0.1) is 0 Å². The van der Waals surface area contributed by atoms with Gasteiger partial charge in [0.25, 0.3) is 5.56 Å². The highest BCUT2D eigenvalue weighted by molar-refractivity contribution is 6.07. The second-order valence-electron chi connectivity index (χ2n) is 5.34. The quantitative estimate of drug-likeness (QED) is 0.548. The summed E-state index contributed by atoms with van der Waals surface area (Å²) in [4.78, 5) is 24.1. The molecule has 2 aromatic carbocycles. The maximum atomic E-state index is 12.2. The van der Waals surface area contributed by atoms with E-state index in [2.05, 4.69) is 5.10 Å². The first-order valence-electron chi connectivity index (χ1n) is 7.56. The van der Waals surface area contributed by atoms with Crippen molar-refractivity contribution in [1.29, 1.82) is 0 Å². The van der Waals surface area contributed by atoms with Crippen LogP contribution in [0.25, 0.3) is 17.3 Å². The van der Waals surface area contributed by atoms with Crippen molar-refractivity contribution in [2.45, 2.75) is 0 Å². The zero-order valence-corrected chi connectivity index (χ0v) is 13.2. The van der Waals surface area contributed by atoms with Gasteiger partial charge in [-0.2, -0.15) is 5.10 Å². The van der Waals surface area contributed by atoms with Crippen LogP contribution < -0.4 is 5.56 Å². The number of aryl methyl sites for hydroxylation is 1. The van der Waals surface area contributed by atoms with Crippen LogP contribution in [0.15, 0.2) is 77.6 Å². The van der Waals surface area contributed by atoms with Gasteiger partial charge < -0.3 is 0 Å². The van der Waals surface area contributed by atoms with Gasteiger partial charge in [0.2, 0.25) is 0 Å². The zero-order valence-electron chi connectivity index (χ0n) is 13.2. The Morgan fingerprint density at radius 3 is 2.29 bits per heavy atom. The molecule has 118 valence electrons. The molecule has 0 spiro atoms. The number of ketones is 1. The molecule has 0 saturated carbocycles. The maximum Gasteiger partial charge on any atom is 0.267 e. The van der Waals surface area contributed by atoms with E-state index in [4.69, 9.17) is 0 Å². The van der Waals surface area contributed by atoms with Crippen LogP contribution in [0.5, 0.6) is 0 Å². The fraction of sp³-hybridized carbons (Fsp3) is 0.0500. The number of benzene rings is 2. The molecule has 0 fully saturated rings. The molecule has 0 aliphatic rings. The minimum absolute atomic E-state index is 0.115. The lowest BCUT2D eigenvalue weighted by Gasteiger charge is -2.07. The summed E-state index contributed by atoms with van der Waals surface area (Å²) in [6.07, 6.45) is 3.12. The van der Waals surface area contributed by atoms with Gasteiger partial charge in [0.1, 0.15) is 0 Å². The number of hydrogen-bond acceptors (Lipinski definition) is 3. The van der Waals surface area contributed by atoms with Crippen molar-refractivity contribution in [3.63, 3.8) is 0 Å². The fourth-order valence-electron chi connectivity index (χ4n) is 2.36. The second-order valence-corrected chi connectivity index (χ2v) is 5.34. The summed E-state index contributed by atoms with van der Waals surface area (Å²) < 4.78 is 1.29. The van der Waals surface area contributed by atoms with Gasteiger partial charge in [-0.1, -0.05) is 60.7 Å². The molecule has 3 rings (SSSR count). The summed E-state index contributed by atoms with van der Waals surface area (Å²) in [6, 6.07) is 20.1. The third kappa shape index (κ3) is 3.38. The molecule has 0 bridgehead atoms. The Kier molecular flexibility index (Phi) is 4.47. The van der Waals surface area contributed by atoms with Crippen molar-refractivity contribution >= 4 is 11.9 Å². The van der Waals surface area contributed by atoms with Gasteiger partial charge >= 0.3 is 0 Å². The zero-order chi connectivity index (χ0) is 16.9. The Balaban J connectivity index is 2.01. The summed E-state index contributed by atoms with van der Waals surface area (Å²) >= 11 is 0. The van der Waals surface area contributed by atoms with E-state index in [1.807, 2.05) is 48.5 Å². The van der Waals surface area contributed by atoms with Gasteiger partial charge in [-0.05, 0) is 12.2 Å². The minimum atomic E-state index is -0.221. The topological polar surface area (TPSA) is 52.0 Å². The number of rotatable bonds is 4. The highest BCUT2D eigenvalue weighted by atomic mass is 16.1. The minimum Gasteiger partial charge on any atom is -0.289 e. The first-order valence-corrected chi connectivity index (χ1v) is 7.56. The number of allylic oxidation sites excluding steroid dienone is 1. The number of aromatic nitrogens is 2. The van der Waals surface area contributed by atoms with E-state index < -0.39 is 0 Å². The van der Waals surface area contributed by atoms with E-state index in [1.165, 1.54) is 16.8 Å². The molecule has 4 heteroatoms. The average molecular weight is 316 g/mol. The Labute approximate surface area is 139 Å². The Hall–Kier alpha value is -3.27. The number of hydrogen-bond donors (Lipinski definition) is 0. The van der Waals surface area contributed by atoms with Crippen molar-refractivity contribution < 1.29 is 4.79 Å². The van der Waals surface area contributed by atoms with E-state index in [9.17, 15) is 9.59 Å². The third-order valence-electron chi connectivity index (χ3n) is 3.64. The fourth-order valence-corrected chi connectivity index (χ4v) is 2.36. The Bertz CT molecular complexity index is 942.